The second-order valence-corrected chi connectivity index (χ2v) is 4.89. The fraction of sp³-hybridized carbons (Fsp3) is 0.118. The fourth-order valence-electron chi connectivity index (χ4n) is 2.35. The molecule has 0 unspecified atom stereocenters. The van der Waals surface area contributed by atoms with E-state index >= 15 is 0 Å². The van der Waals surface area contributed by atoms with Crippen molar-refractivity contribution in [2.24, 2.45) is 0 Å². The van der Waals surface area contributed by atoms with E-state index in [9.17, 15) is 4.79 Å². The number of nitrogens with one attached hydrogen (secondary N) is 1. The first-order valence-electron chi connectivity index (χ1n) is 6.35. The van der Waals surface area contributed by atoms with Crippen molar-refractivity contribution in [3.8, 4) is 11.1 Å². The van der Waals surface area contributed by atoms with Crippen LogP contribution in [0, 0.1) is 13.8 Å². The second kappa shape index (κ2) is 4.39. The van der Waals surface area contributed by atoms with E-state index in [2.05, 4.69) is 4.98 Å². The van der Waals surface area contributed by atoms with Crippen LogP contribution in [0.5, 0.6) is 0 Å². The van der Waals surface area contributed by atoms with Crippen LogP contribution in [-0.4, -0.2) is 4.98 Å². The molecule has 0 amide bonds. The molecule has 2 nitrogen and oxygen atoms in total. The van der Waals surface area contributed by atoms with Crippen LogP contribution in [0.4, 0.5) is 0 Å². The van der Waals surface area contributed by atoms with Gasteiger partial charge in [-0.05, 0) is 31.0 Å². The van der Waals surface area contributed by atoms with Crippen molar-refractivity contribution in [1.29, 1.82) is 0 Å². The van der Waals surface area contributed by atoms with Crippen LogP contribution in [-0.2, 0) is 0 Å². The van der Waals surface area contributed by atoms with Crippen molar-refractivity contribution in [2.45, 2.75) is 13.8 Å². The van der Waals surface area contributed by atoms with Crippen LogP contribution in [0.25, 0.3) is 22.0 Å². The molecule has 2 aromatic carbocycles. The van der Waals surface area contributed by atoms with Crippen LogP contribution in [0.1, 0.15) is 11.1 Å². The SMILES string of the molecule is Cc1ccc(-c2c[nH]c3c(C)cccc3c2=O)cc1. The number of fused-ring (bicyclic) bond motifs is 1. The van der Waals surface area contributed by atoms with Crippen LogP contribution in [0.2, 0.25) is 0 Å². The van der Waals surface area contributed by atoms with Gasteiger partial charge in [0, 0.05) is 17.1 Å². The Bertz CT molecular complexity index is 798. The van der Waals surface area contributed by atoms with Gasteiger partial charge in [-0.15, -0.1) is 0 Å². The quantitative estimate of drug-likeness (QED) is 0.699. The highest BCUT2D eigenvalue weighted by atomic mass is 16.1. The van der Waals surface area contributed by atoms with Gasteiger partial charge in [0.25, 0.3) is 0 Å². The highest BCUT2D eigenvalue weighted by molar-refractivity contribution is 5.85. The molecule has 0 fully saturated rings. The summed E-state index contributed by atoms with van der Waals surface area (Å²) in [4.78, 5) is 15.8. The smallest absolute Gasteiger partial charge is 0.197 e. The number of benzene rings is 2. The molecule has 0 saturated heterocycles. The predicted octanol–water partition coefficient (Wildman–Crippen LogP) is 3.81. The number of aryl methyl sites for hydroxylation is 2. The molecule has 0 atom stereocenters. The molecule has 0 radical (unpaired) electrons. The Balaban J connectivity index is 2.29. The monoisotopic (exact) mass is 249 g/mol. The Hall–Kier alpha value is -2.35. The maximum atomic E-state index is 12.5. The minimum atomic E-state index is 0.0845. The average molecular weight is 249 g/mol. The van der Waals surface area contributed by atoms with E-state index in [1.54, 1.807) is 0 Å². The largest absolute Gasteiger partial charge is 0.360 e. The van der Waals surface area contributed by atoms with E-state index in [0.29, 0.717) is 0 Å². The maximum Gasteiger partial charge on any atom is 0.197 e. The van der Waals surface area contributed by atoms with Gasteiger partial charge in [-0.3, -0.25) is 4.79 Å². The molecule has 0 aliphatic carbocycles. The summed E-state index contributed by atoms with van der Waals surface area (Å²) < 4.78 is 0. The topological polar surface area (TPSA) is 32.9 Å². The summed E-state index contributed by atoms with van der Waals surface area (Å²) in [5.74, 6) is 0. The normalized spacial score (nSPS) is 10.8. The lowest BCUT2D eigenvalue weighted by Gasteiger charge is -2.06. The Morgan fingerprint density at radius 1 is 0.947 bits per heavy atom. The predicted molar refractivity (Wildman–Crippen MR) is 79.5 cm³/mol. The number of hydrogen-bond acceptors (Lipinski definition) is 1. The van der Waals surface area contributed by atoms with Gasteiger partial charge >= 0.3 is 0 Å². The number of rotatable bonds is 1. The van der Waals surface area contributed by atoms with Crippen LogP contribution in [0.3, 0.4) is 0 Å². The van der Waals surface area contributed by atoms with E-state index in [-0.39, 0.29) is 5.43 Å². The van der Waals surface area contributed by atoms with Crippen LogP contribution in [0.15, 0.2) is 53.5 Å². The summed E-state index contributed by atoms with van der Waals surface area (Å²) in [6, 6.07) is 13.8. The lowest BCUT2D eigenvalue weighted by atomic mass is 10.0. The standard InChI is InChI=1S/C17H15NO/c1-11-6-8-13(9-7-11)15-10-18-16-12(2)4-3-5-14(16)17(15)19/h3-10H,1-2H3,(H,18,19). The van der Waals surface area contributed by atoms with E-state index in [1.165, 1.54) is 5.56 Å². The van der Waals surface area contributed by atoms with E-state index in [0.717, 1.165) is 27.6 Å². The summed E-state index contributed by atoms with van der Waals surface area (Å²) in [6.45, 7) is 4.04. The number of para-hydroxylation sites is 1. The molecule has 3 rings (SSSR count). The summed E-state index contributed by atoms with van der Waals surface area (Å²) in [7, 11) is 0. The lowest BCUT2D eigenvalue weighted by Crippen LogP contribution is -2.06. The summed E-state index contributed by atoms with van der Waals surface area (Å²) in [5, 5.41) is 0.748. The van der Waals surface area contributed by atoms with Gasteiger partial charge in [-0.25, -0.2) is 0 Å². The Labute approximate surface area is 111 Å². The van der Waals surface area contributed by atoms with Crippen molar-refractivity contribution >= 4 is 10.9 Å². The zero-order valence-corrected chi connectivity index (χ0v) is 11.0. The van der Waals surface area contributed by atoms with E-state index in [1.807, 2.05) is 62.5 Å². The first-order valence-corrected chi connectivity index (χ1v) is 6.35. The first-order chi connectivity index (χ1) is 9.16. The Morgan fingerprint density at radius 3 is 2.42 bits per heavy atom. The third kappa shape index (κ3) is 1.95. The van der Waals surface area contributed by atoms with Gasteiger partial charge in [-0.1, -0.05) is 42.0 Å². The molecule has 94 valence electrons. The Kier molecular flexibility index (Phi) is 2.71. The van der Waals surface area contributed by atoms with E-state index < -0.39 is 0 Å². The van der Waals surface area contributed by atoms with E-state index in [4.69, 9.17) is 0 Å². The molecule has 0 bridgehead atoms. The van der Waals surface area contributed by atoms with Crippen molar-refractivity contribution in [3.05, 3.63) is 70.0 Å². The molecule has 0 saturated carbocycles. The second-order valence-electron chi connectivity index (χ2n) is 4.89. The van der Waals surface area contributed by atoms with Gasteiger partial charge in [0.1, 0.15) is 0 Å². The summed E-state index contributed by atoms with van der Waals surface area (Å²) in [6.07, 6.45) is 1.81. The lowest BCUT2D eigenvalue weighted by molar-refractivity contribution is 1.34. The van der Waals surface area contributed by atoms with Gasteiger partial charge < -0.3 is 4.98 Å². The first kappa shape index (κ1) is 11.7. The Morgan fingerprint density at radius 2 is 1.68 bits per heavy atom. The zero-order chi connectivity index (χ0) is 13.4. The molecule has 0 aliphatic heterocycles. The highest BCUT2D eigenvalue weighted by Crippen LogP contribution is 2.19. The molecule has 3 aromatic rings. The van der Waals surface area contributed by atoms with Crippen molar-refractivity contribution in [2.75, 3.05) is 0 Å². The number of hydrogen-bond donors (Lipinski definition) is 1. The zero-order valence-electron chi connectivity index (χ0n) is 11.0. The molecule has 19 heavy (non-hydrogen) atoms. The molecule has 1 N–H and O–H groups in total. The molecule has 1 aromatic heterocycles. The van der Waals surface area contributed by atoms with Gasteiger partial charge in [0.15, 0.2) is 5.43 Å². The van der Waals surface area contributed by atoms with Crippen LogP contribution < -0.4 is 5.43 Å². The number of aromatic nitrogens is 1. The molecular weight excluding hydrogens is 234 g/mol. The summed E-state index contributed by atoms with van der Waals surface area (Å²) >= 11 is 0. The molecular formula is C17H15NO. The van der Waals surface area contributed by atoms with Gasteiger partial charge in [0.2, 0.25) is 0 Å². The molecule has 1 heterocycles. The molecule has 0 aliphatic rings. The molecule has 0 spiro atoms. The number of pyridine rings is 1. The highest BCUT2D eigenvalue weighted by Gasteiger charge is 2.07. The summed E-state index contributed by atoms with van der Waals surface area (Å²) in [5.41, 5.74) is 4.96. The van der Waals surface area contributed by atoms with Gasteiger partial charge in [0.05, 0.1) is 5.52 Å². The fourth-order valence-corrected chi connectivity index (χ4v) is 2.35. The van der Waals surface area contributed by atoms with Crippen LogP contribution >= 0.6 is 0 Å². The maximum absolute atomic E-state index is 12.5. The van der Waals surface area contributed by atoms with Crippen molar-refractivity contribution in [1.82, 2.24) is 4.98 Å². The number of aromatic amines is 1. The minimum absolute atomic E-state index is 0.0845. The molecule has 2 heteroatoms. The third-order valence-corrected chi connectivity index (χ3v) is 3.49. The third-order valence-electron chi connectivity index (χ3n) is 3.49. The number of H-pyrrole nitrogens is 1. The minimum Gasteiger partial charge on any atom is -0.360 e. The van der Waals surface area contributed by atoms with Crippen molar-refractivity contribution in [3.63, 3.8) is 0 Å². The van der Waals surface area contributed by atoms with Crippen molar-refractivity contribution < 1.29 is 0 Å². The van der Waals surface area contributed by atoms with Gasteiger partial charge in [-0.2, -0.15) is 0 Å². The average Bonchev–Trinajstić information content (AvgIpc) is 2.42.